The Balaban J connectivity index is 2.68. The van der Waals surface area contributed by atoms with E-state index in [1.165, 1.54) is 4.57 Å². The molecule has 1 heterocycles. The van der Waals surface area contributed by atoms with Crippen LogP contribution in [0.25, 0.3) is 0 Å². The van der Waals surface area contributed by atoms with Crippen LogP contribution in [-0.4, -0.2) is 15.5 Å². The second kappa shape index (κ2) is 4.04. The van der Waals surface area contributed by atoms with Crippen LogP contribution < -0.4 is 0 Å². The van der Waals surface area contributed by atoms with Gasteiger partial charge >= 0.3 is 0 Å². The van der Waals surface area contributed by atoms with Crippen molar-refractivity contribution in [2.24, 2.45) is 0 Å². The molecular formula is C9H13N2O. The fraction of sp³-hybridized carbons (Fsp3) is 0.444. The van der Waals surface area contributed by atoms with Crippen molar-refractivity contribution in [2.45, 2.75) is 26.7 Å². The summed E-state index contributed by atoms with van der Waals surface area (Å²) in [5, 5.41) is 0. The van der Waals surface area contributed by atoms with Gasteiger partial charge in [0.15, 0.2) is 0 Å². The normalized spacial score (nSPS) is 10.2. The summed E-state index contributed by atoms with van der Waals surface area (Å²) in [6.45, 7) is 3.95. The molecule has 12 heavy (non-hydrogen) atoms. The minimum atomic E-state index is 0.00435. The number of aryl methyl sites for hydroxylation is 1. The number of aromatic nitrogens is 2. The number of nitrogens with zero attached hydrogens (tertiary/aromatic N) is 2. The summed E-state index contributed by atoms with van der Waals surface area (Å²) in [6.07, 6.45) is 6.60. The molecule has 0 aliphatic rings. The quantitative estimate of drug-likeness (QED) is 0.683. The summed E-state index contributed by atoms with van der Waals surface area (Å²) in [5.41, 5.74) is 0.952. The van der Waals surface area contributed by atoms with Gasteiger partial charge in [-0.2, -0.15) is 0 Å². The predicted octanol–water partition coefficient (Wildman–Crippen LogP) is 1.70. The Bertz CT molecular complexity index is 265. The van der Waals surface area contributed by atoms with Crippen LogP contribution in [0.4, 0.5) is 0 Å². The highest BCUT2D eigenvalue weighted by Gasteiger charge is 2.03. The first-order valence-corrected chi connectivity index (χ1v) is 4.18. The zero-order chi connectivity index (χ0) is 8.97. The number of rotatable bonds is 3. The van der Waals surface area contributed by atoms with E-state index in [0.29, 0.717) is 0 Å². The average molecular weight is 165 g/mol. The summed E-state index contributed by atoms with van der Waals surface area (Å²) in [6, 6.07) is 0. The van der Waals surface area contributed by atoms with E-state index in [1.807, 2.05) is 13.8 Å². The third kappa shape index (κ3) is 1.94. The number of carbonyl (C=O) groups excluding carboxylic acids is 1. The molecule has 3 nitrogen and oxygen atoms in total. The van der Waals surface area contributed by atoms with Crippen molar-refractivity contribution in [2.75, 3.05) is 0 Å². The molecule has 0 unspecified atom stereocenters. The third-order valence-electron chi connectivity index (χ3n) is 1.63. The van der Waals surface area contributed by atoms with Crippen molar-refractivity contribution in [3.63, 3.8) is 0 Å². The molecule has 0 N–H and O–H groups in total. The van der Waals surface area contributed by atoms with Crippen molar-refractivity contribution >= 4 is 5.91 Å². The molecule has 1 aromatic rings. The minimum absolute atomic E-state index is 0.00435. The SMILES string of the molecule is CC[CH]C(=O)n1cnc(CC)c1. The lowest BCUT2D eigenvalue weighted by molar-refractivity contribution is 0.0947. The summed E-state index contributed by atoms with van der Waals surface area (Å²) in [4.78, 5) is 15.3. The smallest absolute Gasteiger partial charge is 0.235 e. The standard InChI is InChI=1S/C9H13N2O/c1-3-5-9(12)11-6-8(4-2)10-7-11/h5-7H,3-4H2,1-2H3. The van der Waals surface area contributed by atoms with Gasteiger partial charge in [0.2, 0.25) is 5.91 Å². The molecule has 1 aromatic heterocycles. The van der Waals surface area contributed by atoms with Crippen molar-refractivity contribution in [3.8, 4) is 0 Å². The zero-order valence-corrected chi connectivity index (χ0v) is 7.45. The van der Waals surface area contributed by atoms with Gasteiger partial charge in [-0.15, -0.1) is 0 Å². The van der Waals surface area contributed by atoms with Crippen LogP contribution >= 0.6 is 0 Å². The number of hydrogen-bond acceptors (Lipinski definition) is 2. The minimum Gasteiger partial charge on any atom is -0.276 e. The average Bonchev–Trinajstić information content (AvgIpc) is 2.52. The van der Waals surface area contributed by atoms with Crippen molar-refractivity contribution in [3.05, 3.63) is 24.6 Å². The Morgan fingerprint density at radius 1 is 1.67 bits per heavy atom. The molecule has 0 atom stereocenters. The lowest BCUT2D eigenvalue weighted by Gasteiger charge is -1.95. The van der Waals surface area contributed by atoms with Gasteiger partial charge in [-0.3, -0.25) is 9.36 Å². The predicted molar refractivity (Wildman–Crippen MR) is 46.8 cm³/mol. The van der Waals surface area contributed by atoms with Crippen LogP contribution in [0.15, 0.2) is 12.5 Å². The molecule has 0 aliphatic carbocycles. The van der Waals surface area contributed by atoms with E-state index in [-0.39, 0.29) is 5.91 Å². The van der Waals surface area contributed by atoms with Crippen molar-refractivity contribution in [1.29, 1.82) is 0 Å². The molecule has 0 fully saturated rings. The molecule has 65 valence electrons. The summed E-state index contributed by atoms with van der Waals surface area (Å²) >= 11 is 0. The molecular weight excluding hydrogens is 152 g/mol. The van der Waals surface area contributed by atoms with Gasteiger partial charge < -0.3 is 0 Å². The van der Waals surface area contributed by atoms with Gasteiger partial charge in [-0.25, -0.2) is 4.98 Å². The van der Waals surface area contributed by atoms with E-state index in [0.717, 1.165) is 18.5 Å². The Kier molecular flexibility index (Phi) is 3.02. The highest BCUT2D eigenvalue weighted by Crippen LogP contribution is 1.99. The number of imidazole rings is 1. The van der Waals surface area contributed by atoms with E-state index >= 15 is 0 Å². The van der Waals surface area contributed by atoms with Gasteiger partial charge in [-0.1, -0.05) is 13.8 Å². The first-order chi connectivity index (χ1) is 5.77. The van der Waals surface area contributed by atoms with Crippen LogP contribution in [0.5, 0.6) is 0 Å². The van der Waals surface area contributed by atoms with E-state index in [1.54, 1.807) is 18.9 Å². The Morgan fingerprint density at radius 3 is 2.92 bits per heavy atom. The van der Waals surface area contributed by atoms with Crippen molar-refractivity contribution < 1.29 is 4.79 Å². The van der Waals surface area contributed by atoms with Gasteiger partial charge in [0.05, 0.1) is 12.1 Å². The second-order valence-corrected chi connectivity index (χ2v) is 2.58. The van der Waals surface area contributed by atoms with Crippen LogP contribution in [0.2, 0.25) is 0 Å². The van der Waals surface area contributed by atoms with Gasteiger partial charge in [0.1, 0.15) is 6.33 Å². The first kappa shape index (κ1) is 8.97. The molecule has 0 aliphatic heterocycles. The molecule has 1 radical (unpaired) electrons. The van der Waals surface area contributed by atoms with Crippen LogP contribution in [-0.2, 0) is 6.42 Å². The third-order valence-corrected chi connectivity index (χ3v) is 1.63. The Morgan fingerprint density at radius 2 is 2.42 bits per heavy atom. The van der Waals surface area contributed by atoms with E-state index in [9.17, 15) is 4.79 Å². The topological polar surface area (TPSA) is 34.9 Å². The van der Waals surface area contributed by atoms with Crippen LogP contribution in [0, 0.1) is 6.42 Å². The maximum Gasteiger partial charge on any atom is 0.235 e. The molecule has 1 rings (SSSR count). The Labute approximate surface area is 72.4 Å². The molecule has 0 spiro atoms. The Hall–Kier alpha value is -1.12. The lowest BCUT2D eigenvalue weighted by Crippen LogP contribution is -2.07. The molecule has 0 bridgehead atoms. The molecule has 0 saturated carbocycles. The van der Waals surface area contributed by atoms with Gasteiger partial charge in [-0.05, 0) is 12.8 Å². The van der Waals surface area contributed by atoms with E-state index in [2.05, 4.69) is 4.98 Å². The largest absolute Gasteiger partial charge is 0.276 e. The number of hydrogen-bond donors (Lipinski definition) is 0. The first-order valence-electron chi connectivity index (χ1n) is 4.18. The summed E-state index contributed by atoms with van der Waals surface area (Å²) < 4.78 is 1.52. The molecule has 0 saturated heterocycles. The van der Waals surface area contributed by atoms with Crippen LogP contribution in [0.3, 0.4) is 0 Å². The zero-order valence-electron chi connectivity index (χ0n) is 7.45. The second-order valence-electron chi connectivity index (χ2n) is 2.58. The lowest BCUT2D eigenvalue weighted by atomic mass is 10.3. The van der Waals surface area contributed by atoms with Crippen LogP contribution in [0.1, 0.15) is 30.8 Å². The monoisotopic (exact) mass is 165 g/mol. The number of carbonyl (C=O) groups is 1. The highest BCUT2D eigenvalue weighted by atomic mass is 16.2. The summed E-state index contributed by atoms with van der Waals surface area (Å²) in [7, 11) is 0. The molecule has 0 amide bonds. The van der Waals surface area contributed by atoms with E-state index < -0.39 is 0 Å². The fourth-order valence-electron chi connectivity index (χ4n) is 0.947. The maximum atomic E-state index is 11.2. The maximum absolute atomic E-state index is 11.2. The van der Waals surface area contributed by atoms with E-state index in [4.69, 9.17) is 0 Å². The fourth-order valence-corrected chi connectivity index (χ4v) is 0.947. The van der Waals surface area contributed by atoms with Crippen molar-refractivity contribution in [1.82, 2.24) is 9.55 Å². The molecule has 0 aromatic carbocycles. The highest BCUT2D eigenvalue weighted by molar-refractivity contribution is 5.86. The van der Waals surface area contributed by atoms with Gasteiger partial charge in [0, 0.05) is 6.20 Å². The molecule has 3 heteroatoms. The summed E-state index contributed by atoms with van der Waals surface area (Å²) in [5.74, 6) is 0.00435. The van der Waals surface area contributed by atoms with Gasteiger partial charge in [0.25, 0.3) is 0 Å².